The van der Waals surface area contributed by atoms with Crippen LogP contribution in [0, 0.1) is 23.2 Å². The van der Waals surface area contributed by atoms with Crippen LogP contribution in [0.5, 0.6) is 0 Å². The van der Waals surface area contributed by atoms with Gasteiger partial charge >= 0.3 is 6.03 Å². The number of Topliss-reactive ketones (excluding diaryl/α,β-unsaturated/α-hetero) is 2. The number of aliphatic imine (C=N–C) groups is 1. The van der Waals surface area contributed by atoms with Gasteiger partial charge in [-0.1, -0.05) is 357 Å². The third-order valence-corrected chi connectivity index (χ3v) is 18.2. The number of nitrogens with zero attached hydrogens (tertiary/aromatic N) is 1. The van der Waals surface area contributed by atoms with Crippen LogP contribution in [0.2, 0.25) is 0 Å². The van der Waals surface area contributed by atoms with E-state index in [0.717, 1.165) is 108 Å². The van der Waals surface area contributed by atoms with Crippen LogP contribution in [-0.2, 0) is 19.2 Å². The first-order valence-electron chi connectivity index (χ1n) is 41.2. The third kappa shape index (κ3) is 104. The molecule has 0 heterocycles. The van der Waals surface area contributed by atoms with Crippen molar-refractivity contribution in [1.29, 1.82) is 5.41 Å². The molecule has 14 nitrogen and oxygen atoms in total. The minimum absolute atomic E-state index is 0.0754. The van der Waals surface area contributed by atoms with Crippen molar-refractivity contribution in [3.8, 4) is 0 Å². The van der Waals surface area contributed by atoms with Crippen LogP contribution in [0.1, 0.15) is 448 Å². The number of rotatable bonds is 65. The van der Waals surface area contributed by atoms with Crippen molar-refractivity contribution in [2.24, 2.45) is 51.4 Å². The van der Waals surface area contributed by atoms with E-state index in [4.69, 9.17) is 34.1 Å². The largest absolute Gasteiger partial charge is 0.388 e. The number of guanidine groups is 1. The molecule has 0 rings (SSSR count). The van der Waals surface area contributed by atoms with E-state index in [9.17, 15) is 24.0 Å². The summed E-state index contributed by atoms with van der Waals surface area (Å²) in [6, 6.07) is -0.0754. The van der Waals surface area contributed by atoms with Crippen molar-refractivity contribution in [1.82, 2.24) is 10.6 Å². The van der Waals surface area contributed by atoms with Gasteiger partial charge in [0.25, 0.3) is 0 Å². The van der Waals surface area contributed by atoms with Gasteiger partial charge in [0.1, 0.15) is 11.6 Å². The van der Waals surface area contributed by atoms with Crippen molar-refractivity contribution in [3.05, 3.63) is 0 Å². The molecule has 0 fully saturated rings. The lowest BCUT2D eigenvalue weighted by atomic mass is 9.78. The van der Waals surface area contributed by atoms with Gasteiger partial charge in [0.2, 0.25) is 11.8 Å². The standard InChI is InChI=1S/C38H74O2.C10H22N2O.C10H21NO.C8H19N3.C8H18N2.C8H17NO/c1-5-7-9-11-13-19-25-31-37(33-27-21-15-17-23-29-35(3)39)38(32-26-20-14-12-10-8-6-2)34-28-22-16-18-24-30-36(4)40;1-3-4-5-6-7-8-9-12-10(13)11-2;1-3-5-6-7-8-9(4-2)10(11)12;1-2-3-4-5-6-7-11-8(9)10;2*1-2-3-4-5-6-7-8(9)10/h37-38H,5-34H2,1-4H3;3-9H2,1-2H3,(H2,11,12,13);9H,3-8H2,1-2H3,(H2,11,12);2-7H2,1H3,(H4,9,10,11);2-7H2,1H3,(H3,9,10);2-7H2,1H3,(H2,9,10). The van der Waals surface area contributed by atoms with Gasteiger partial charge < -0.3 is 48.9 Å². The predicted molar refractivity (Wildman–Crippen MR) is 423 cm³/mol. The smallest absolute Gasteiger partial charge is 0.314 e. The quantitative estimate of drug-likeness (QED) is 0.0164. The van der Waals surface area contributed by atoms with Gasteiger partial charge in [-0.05, 0) is 77.0 Å². The molecular weight excluding hydrogens is 1190 g/mol. The molecule has 0 aromatic rings. The molecule has 0 spiro atoms. The zero-order valence-electron chi connectivity index (χ0n) is 66.2. The molecule has 0 aromatic heterocycles. The number of nitrogens with two attached hydrogens (primary N) is 5. The molecule has 0 bridgehead atoms. The number of hydrogen-bond acceptors (Lipinski definition) is 7. The van der Waals surface area contributed by atoms with Gasteiger partial charge in [0.05, 0.1) is 5.84 Å². The Morgan fingerprint density at radius 1 is 0.344 bits per heavy atom. The summed E-state index contributed by atoms with van der Waals surface area (Å²) in [5, 5.41) is 12.3. The number of amidine groups is 1. The number of unbranched alkanes of at least 4 members (excludes halogenated alkanes) is 40. The SMILES string of the molecule is CCCCCCC(CC)C(N)=O.CCCCCCCC(=N)N.CCCCCCCC(N)=O.CCCCCCCCCC(CCCCCCCC(C)=O)C(CCCCCCCCC)CCCCCCCC(C)=O.CCCCCCCCNC(=O)NC.CCCCCCCN=C(N)N. The fraction of sp³-hybridized carbons (Fsp3) is 0.915. The van der Waals surface area contributed by atoms with Crippen molar-refractivity contribution in [2.75, 3.05) is 20.1 Å². The summed E-state index contributed by atoms with van der Waals surface area (Å²) < 4.78 is 0. The molecular formula is C82H171N9O5. The molecule has 0 aromatic carbocycles. The van der Waals surface area contributed by atoms with Crippen LogP contribution >= 0.6 is 0 Å². The summed E-state index contributed by atoms with van der Waals surface area (Å²) in [6.45, 7) is 22.7. The average Bonchev–Trinajstić information content (AvgIpc) is 2.47. The minimum atomic E-state index is -0.170. The highest BCUT2D eigenvalue weighted by Gasteiger charge is 2.21. The van der Waals surface area contributed by atoms with Gasteiger partial charge in [0, 0.05) is 51.7 Å². The second kappa shape index (κ2) is 91.3. The molecule has 13 N–H and O–H groups in total. The van der Waals surface area contributed by atoms with E-state index < -0.39 is 0 Å². The summed E-state index contributed by atoms with van der Waals surface area (Å²) in [7, 11) is 1.64. The molecule has 0 aliphatic carbocycles. The lowest BCUT2D eigenvalue weighted by Crippen LogP contribution is -2.33. The number of hydrogen-bond donors (Lipinski definition) is 8. The van der Waals surface area contributed by atoms with Crippen LogP contribution in [0.15, 0.2) is 4.99 Å². The average molecular weight is 1360 g/mol. The second-order valence-corrected chi connectivity index (χ2v) is 28.0. The lowest BCUT2D eigenvalue weighted by Gasteiger charge is -2.28. The van der Waals surface area contributed by atoms with Crippen molar-refractivity contribution in [2.45, 2.75) is 448 Å². The predicted octanol–water partition coefficient (Wildman–Crippen LogP) is 23.2. The minimum Gasteiger partial charge on any atom is -0.388 e. The van der Waals surface area contributed by atoms with E-state index in [1.54, 1.807) is 20.9 Å². The topological polar surface area (TPSA) is 276 Å². The number of ketones is 2. The molecule has 574 valence electrons. The zero-order chi connectivity index (χ0) is 73.0. The Morgan fingerprint density at radius 3 is 0.896 bits per heavy atom. The monoisotopic (exact) mass is 1360 g/mol. The first kappa shape index (κ1) is 103. The van der Waals surface area contributed by atoms with Gasteiger partial charge in [-0.2, -0.15) is 0 Å². The van der Waals surface area contributed by atoms with E-state index in [-0.39, 0.29) is 29.7 Å². The number of primary amides is 2. The first-order chi connectivity index (χ1) is 46.3. The van der Waals surface area contributed by atoms with Crippen molar-refractivity contribution < 1.29 is 24.0 Å². The Balaban J connectivity index is -0.000000292. The Bertz CT molecular complexity index is 1560. The second-order valence-electron chi connectivity index (χ2n) is 28.0. The van der Waals surface area contributed by atoms with Gasteiger partial charge in [-0.3, -0.25) is 20.0 Å². The molecule has 0 saturated heterocycles. The van der Waals surface area contributed by atoms with Crippen LogP contribution < -0.4 is 39.3 Å². The number of amides is 4. The Labute approximate surface area is 598 Å². The zero-order valence-corrected chi connectivity index (χ0v) is 66.2. The highest BCUT2D eigenvalue weighted by Crippen LogP contribution is 2.34. The van der Waals surface area contributed by atoms with E-state index >= 15 is 0 Å². The highest BCUT2D eigenvalue weighted by atomic mass is 16.2. The van der Waals surface area contributed by atoms with E-state index in [1.807, 2.05) is 6.92 Å². The van der Waals surface area contributed by atoms with Crippen LogP contribution in [0.4, 0.5) is 4.79 Å². The molecule has 3 unspecified atom stereocenters. The number of urea groups is 1. The molecule has 0 radical (unpaired) electrons. The Hall–Kier alpha value is -3.71. The summed E-state index contributed by atoms with van der Waals surface area (Å²) in [6.07, 6.45) is 73.9. The summed E-state index contributed by atoms with van der Waals surface area (Å²) in [4.78, 5) is 58.2. The van der Waals surface area contributed by atoms with E-state index in [0.29, 0.717) is 23.8 Å². The summed E-state index contributed by atoms with van der Waals surface area (Å²) in [5.41, 5.74) is 25.7. The first-order valence-corrected chi connectivity index (χ1v) is 41.2. The number of carbonyl (C=O) groups is 5. The van der Waals surface area contributed by atoms with Gasteiger partial charge in [0.15, 0.2) is 5.96 Å². The lowest BCUT2D eigenvalue weighted by molar-refractivity contribution is -0.122. The maximum Gasteiger partial charge on any atom is 0.314 e. The molecule has 3 atom stereocenters. The van der Waals surface area contributed by atoms with Crippen molar-refractivity contribution >= 4 is 41.2 Å². The molecule has 0 saturated carbocycles. The number of nitrogens with one attached hydrogen (secondary N) is 3. The van der Waals surface area contributed by atoms with Crippen LogP contribution in [0.3, 0.4) is 0 Å². The number of carbonyl (C=O) groups excluding carboxylic acids is 5. The molecule has 14 heteroatoms. The Kier molecular flexibility index (Phi) is 98.2. The van der Waals surface area contributed by atoms with E-state index in [1.165, 1.54) is 289 Å². The maximum atomic E-state index is 11.2. The highest BCUT2D eigenvalue weighted by molar-refractivity contribution is 5.77. The molecule has 0 aliphatic rings. The maximum absolute atomic E-state index is 11.2. The molecule has 4 amide bonds. The van der Waals surface area contributed by atoms with Gasteiger partial charge in [-0.25, -0.2) is 4.79 Å². The molecule has 0 aliphatic heterocycles. The van der Waals surface area contributed by atoms with Crippen LogP contribution in [-0.4, -0.2) is 61.3 Å². The Morgan fingerprint density at radius 2 is 0.615 bits per heavy atom. The fourth-order valence-electron chi connectivity index (χ4n) is 11.9. The summed E-state index contributed by atoms with van der Waals surface area (Å²) >= 11 is 0. The fourth-order valence-corrected chi connectivity index (χ4v) is 11.9. The normalized spacial score (nSPS) is 11.4. The van der Waals surface area contributed by atoms with Gasteiger partial charge in [-0.15, -0.1) is 0 Å². The molecule has 96 heavy (non-hydrogen) atoms. The van der Waals surface area contributed by atoms with Crippen molar-refractivity contribution in [3.63, 3.8) is 0 Å². The van der Waals surface area contributed by atoms with Crippen LogP contribution in [0.25, 0.3) is 0 Å². The third-order valence-electron chi connectivity index (χ3n) is 18.2. The van der Waals surface area contributed by atoms with E-state index in [2.05, 4.69) is 64.1 Å². The summed E-state index contributed by atoms with van der Waals surface area (Å²) in [5.74, 6) is 2.89.